The van der Waals surface area contributed by atoms with E-state index in [9.17, 15) is 4.79 Å². The zero-order chi connectivity index (χ0) is 19.3. The molecule has 0 aliphatic carbocycles. The van der Waals surface area contributed by atoms with Crippen LogP contribution in [0, 0.1) is 0 Å². The van der Waals surface area contributed by atoms with Crippen molar-refractivity contribution in [2.75, 3.05) is 19.5 Å². The average molecular weight is 380 g/mol. The Balaban J connectivity index is 2.25. The highest BCUT2D eigenvalue weighted by molar-refractivity contribution is 6.32. The van der Waals surface area contributed by atoms with Crippen molar-refractivity contribution in [2.24, 2.45) is 0 Å². The van der Waals surface area contributed by atoms with E-state index >= 15 is 0 Å². The lowest BCUT2D eigenvalue weighted by molar-refractivity contribution is 0.0697. The number of hydrogen-bond acceptors (Lipinski definition) is 5. The van der Waals surface area contributed by atoms with E-state index in [1.54, 1.807) is 19.2 Å². The number of aromatic carboxylic acids is 1. The smallest absolute Gasteiger partial charge is 0.335 e. The van der Waals surface area contributed by atoms with E-state index in [2.05, 4.69) is 5.32 Å². The lowest BCUT2D eigenvalue weighted by Crippen LogP contribution is -2.08. The molecule has 0 fully saturated rings. The Kier molecular flexibility index (Phi) is 6.58. The Labute approximate surface area is 157 Å². The van der Waals surface area contributed by atoms with E-state index in [4.69, 9.17) is 30.9 Å². The molecule has 0 bridgehead atoms. The van der Waals surface area contributed by atoms with Crippen LogP contribution in [0.3, 0.4) is 0 Å². The summed E-state index contributed by atoms with van der Waals surface area (Å²) in [6.45, 7) is 4.22. The summed E-state index contributed by atoms with van der Waals surface area (Å²) >= 11 is 6.33. The molecule has 0 spiro atoms. The van der Waals surface area contributed by atoms with Crippen LogP contribution in [-0.2, 0) is 6.54 Å². The van der Waals surface area contributed by atoms with Crippen molar-refractivity contribution >= 4 is 23.3 Å². The van der Waals surface area contributed by atoms with Gasteiger partial charge in [-0.15, -0.1) is 0 Å². The van der Waals surface area contributed by atoms with Gasteiger partial charge in [0.25, 0.3) is 0 Å². The maximum atomic E-state index is 11.2. The molecular formula is C19H22ClNO5. The SMILES string of the molecule is COc1ccc(C(=O)O)cc1NCc1cc(Cl)c(OC(C)C)c(OC)c1. The van der Waals surface area contributed by atoms with E-state index in [1.807, 2.05) is 19.9 Å². The van der Waals surface area contributed by atoms with Gasteiger partial charge >= 0.3 is 5.97 Å². The van der Waals surface area contributed by atoms with Gasteiger partial charge in [0, 0.05) is 6.54 Å². The first-order chi connectivity index (χ1) is 12.3. The van der Waals surface area contributed by atoms with Crippen molar-refractivity contribution in [1.29, 1.82) is 0 Å². The van der Waals surface area contributed by atoms with E-state index in [1.165, 1.54) is 19.2 Å². The van der Waals surface area contributed by atoms with Gasteiger partial charge in [-0.25, -0.2) is 4.79 Å². The number of ether oxygens (including phenoxy) is 3. The molecule has 0 radical (unpaired) electrons. The zero-order valence-corrected chi connectivity index (χ0v) is 15.9. The molecule has 0 amide bonds. The van der Waals surface area contributed by atoms with Crippen LogP contribution in [0.2, 0.25) is 5.02 Å². The van der Waals surface area contributed by atoms with Gasteiger partial charge in [-0.05, 0) is 49.7 Å². The fourth-order valence-electron chi connectivity index (χ4n) is 2.40. The minimum atomic E-state index is -1.00. The monoisotopic (exact) mass is 379 g/mol. The van der Waals surface area contributed by atoms with Crippen LogP contribution in [0.4, 0.5) is 5.69 Å². The topological polar surface area (TPSA) is 77.0 Å². The second-order valence-corrected chi connectivity index (χ2v) is 6.26. The summed E-state index contributed by atoms with van der Waals surface area (Å²) in [7, 11) is 3.08. The number of rotatable bonds is 8. The van der Waals surface area contributed by atoms with Gasteiger partial charge in [-0.2, -0.15) is 0 Å². The van der Waals surface area contributed by atoms with Gasteiger partial charge in [0.1, 0.15) is 5.75 Å². The second-order valence-electron chi connectivity index (χ2n) is 5.85. The molecule has 26 heavy (non-hydrogen) atoms. The minimum Gasteiger partial charge on any atom is -0.495 e. The molecule has 6 nitrogen and oxygen atoms in total. The Morgan fingerprint density at radius 3 is 2.42 bits per heavy atom. The Bertz CT molecular complexity index is 792. The van der Waals surface area contributed by atoms with Crippen molar-refractivity contribution in [2.45, 2.75) is 26.5 Å². The van der Waals surface area contributed by atoms with Crippen LogP contribution in [0.15, 0.2) is 30.3 Å². The highest BCUT2D eigenvalue weighted by Gasteiger charge is 2.14. The molecule has 0 heterocycles. The van der Waals surface area contributed by atoms with Gasteiger partial charge < -0.3 is 24.6 Å². The molecule has 7 heteroatoms. The van der Waals surface area contributed by atoms with E-state index < -0.39 is 5.97 Å². The number of hydrogen-bond donors (Lipinski definition) is 2. The molecular weight excluding hydrogens is 358 g/mol. The Morgan fingerprint density at radius 2 is 1.85 bits per heavy atom. The number of anilines is 1. The van der Waals surface area contributed by atoms with Gasteiger partial charge in [0.15, 0.2) is 11.5 Å². The minimum absolute atomic E-state index is 0.0339. The molecule has 2 aromatic carbocycles. The molecule has 0 unspecified atom stereocenters. The van der Waals surface area contributed by atoms with E-state index in [0.29, 0.717) is 34.5 Å². The quantitative estimate of drug-likeness (QED) is 0.705. The lowest BCUT2D eigenvalue weighted by atomic mass is 10.1. The van der Waals surface area contributed by atoms with Crippen LogP contribution in [0.1, 0.15) is 29.8 Å². The van der Waals surface area contributed by atoms with E-state index in [0.717, 1.165) is 5.56 Å². The molecule has 2 rings (SSSR count). The third-order valence-electron chi connectivity index (χ3n) is 3.57. The van der Waals surface area contributed by atoms with E-state index in [-0.39, 0.29) is 11.7 Å². The van der Waals surface area contributed by atoms with Crippen molar-refractivity contribution < 1.29 is 24.1 Å². The van der Waals surface area contributed by atoms with Crippen LogP contribution >= 0.6 is 11.6 Å². The van der Waals surface area contributed by atoms with Crippen molar-refractivity contribution in [3.05, 3.63) is 46.5 Å². The standard InChI is InChI=1S/C19H22ClNO5/c1-11(2)26-18-14(20)7-12(8-17(18)25-4)10-21-15-9-13(19(22)23)5-6-16(15)24-3/h5-9,11,21H,10H2,1-4H3,(H,22,23). The predicted molar refractivity (Wildman–Crippen MR) is 101 cm³/mol. The summed E-state index contributed by atoms with van der Waals surface area (Å²) < 4.78 is 16.4. The maximum Gasteiger partial charge on any atom is 0.335 e. The van der Waals surface area contributed by atoms with Gasteiger partial charge in [0.05, 0.1) is 36.6 Å². The van der Waals surface area contributed by atoms with Gasteiger partial charge in [0.2, 0.25) is 0 Å². The summed E-state index contributed by atoms with van der Waals surface area (Å²) in [4.78, 5) is 11.2. The number of carboxylic acid groups (broad SMARTS) is 1. The average Bonchev–Trinajstić information content (AvgIpc) is 2.61. The molecule has 2 N–H and O–H groups in total. The summed E-state index contributed by atoms with van der Waals surface area (Å²) in [5.74, 6) is 0.580. The number of halogens is 1. The Hall–Kier alpha value is -2.60. The van der Waals surface area contributed by atoms with Crippen LogP contribution in [0.5, 0.6) is 17.2 Å². The first kappa shape index (κ1) is 19.7. The van der Waals surface area contributed by atoms with Crippen LogP contribution < -0.4 is 19.5 Å². The highest BCUT2D eigenvalue weighted by Crippen LogP contribution is 2.37. The molecule has 0 aliphatic rings. The third kappa shape index (κ3) is 4.73. The van der Waals surface area contributed by atoms with Crippen LogP contribution in [-0.4, -0.2) is 31.4 Å². The number of carbonyl (C=O) groups is 1. The summed E-state index contributed by atoms with van der Waals surface area (Å²) in [6.07, 6.45) is -0.0339. The molecule has 2 aromatic rings. The van der Waals surface area contributed by atoms with Crippen LogP contribution in [0.25, 0.3) is 0 Å². The largest absolute Gasteiger partial charge is 0.495 e. The van der Waals surface area contributed by atoms with Crippen molar-refractivity contribution in [1.82, 2.24) is 0 Å². The Morgan fingerprint density at radius 1 is 1.15 bits per heavy atom. The first-order valence-corrected chi connectivity index (χ1v) is 8.41. The third-order valence-corrected chi connectivity index (χ3v) is 3.85. The molecule has 140 valence electrons. The molecule has 0 aliphatic heterocycles. The predicted octanol–water partition coefficient (Wildman–Crippen LogP) is 4.45. The maximum absolute atomic E-state index is 11.2. The normalized spacial score (nSPS) is 10.5. The second kappa shape index (κ2) is 8.67. The van der Waals surface area contributed by atoms with Crippen molar-refractivity contribution in [3.8, 4) is 17.2 Å². The number of methoxy groups -OCH3 is 2. The highest BCUT2D eigenvalue weighted by atomic mass is 35.5. The molecule has 0 saturated heterocycles. The first-order valence-electron chi connectivity index (χ1n) is 8.04. The summed E-state index contributed by atoms with van der Waals surface area (Å²) in [6, 6.07) is 8.23. The fourth-order valence-corrected chi connectivity index (χ4v) is 2.68. The molecule has 0 atom stereocenters. The fraction of sp³-hybridized carbons (Fsp3) is 0.316. The lowest BCUT2D eigenvalue weighted by Gasteiger charge is -2.17. The van der Waals surface area contributed by atoms with Gasteiger partial charge in [-0.1, -0.05) is 11.6 Å². The summed E-state index contributed by atoms with van der Waals surface area (Å²) in [5.41, 5.74) is 1.60. The van der Waals surface area contributed by atoms with Crippen molar-refractivity contribution in [3.63, 3.8) is 0 Å². The molecule has 0 aromatic heterocycles. The number of benzene rings is 2. The number of carboxylic acids is 1. The zero-order valence-electron chi connectivity index (χ0n) is 15.1. The summed E-state index contributed by atoms with van der Waals surface area (Å²) in [5, 5.41) is 12.8. The molecule has 0 saturated carbocycles. The van der Waals surface area contributed by atoms with Gasteiger partial charge in [-0.3, -0.25) is 0 Å². The number of nitrogens with one attached hydrogen (secondary N) is 1.